The highest BCUT2D eigenvalue weighted by Crippen LogP contribution is 2.33. The number of fused-ring (bicyclic) bond motifs is 1. The highest BCUT2D eigenvalue weighted by molar-refractivity contribution is 6.03. The molecule has 1 aliphatic rings. The van der Waals surface area contributed by atoms with Gasteiger partial charge in [-0.2, -0.15) is 5.10 Å². The van der Waals surface area contributed by atoms with Crippen molar-refractivity contribution in [2.75, 3.05) is 17.7 Å². The minimum Gasteiger partial charge on any atom is -0.373 e. The average molecular weight is 308 g/mol. The number of hydrogen-bond donors (Lipinski definition) is 3. The summed E-state index contributed by atoms with van der Waals surface area (Å²) in [6.45, 7) is 0. The molecule has 3 aromatic rings. The van der Waals surface area contributed by atoms with Crippen molar-refractivity contribution in [3.05, 3.63) is 30.9 Å². The molecule has 4 rings (SSSR count). The minimum absolute atomic E-state index is 0.0459. The first-order valence-corrected chi connectivity index (χ1v) is 7.53. The Bertz CT molecular complexity index is 870. The Balaban J connectivity index is 1.83. The van der Waals surface area contributed by atoms with Crippen LogP contribution in [0.4, 0.5) is 11.6 Å². The van der Waals surface area contributed by atoms with Gasteiger partial charge in [0.1, 0.15) is 11.6 Å². The predicted octanol–water partition coefficient (Wildman–Crippen LogP) is 2.41. The molecule has 1 aliphatic carbocycles. The standard InChI is InChI=1S/C16H16N6O/c1-17-15-13-8-18-14(22-16(23)9-2-3-9)4-11(13)12(7-19-15)10-5-20-21-6-10/h4-9H,2-3H2,1H3,(H,17,19)(H,20,21)(H,18,22,23). The SMILES string of the molecule is CNc1ncc(-c2cn[nH]c2)c2cc(NC(=O)C3CC3)ncc12. The van der Waals surface area contributed by atoms with Gasteiger partial charge in [0.2, 0.25) is 5.91 Å². The van der Waals surface area contributed by atoms with Crippen molar-refractivity contribution < 1.29 is 4.79 Å². The quantitative estimate of drug-likeness (QED) is 0.688. The average Bonchev–Trinajstić information content (AvgIpc) is 3.29. The lowest BCUT2D eigenvalue weighted by Crippen LogP contribution is -2.14. The Morgan fingerprint density at radius 3 is 2.78 bits per heavy atom. The molecular formula is C16H16N6O. The molecule has 0 atom stereocenters. The summed E-state index contributed by atoms with van der Waals surface area (Å²) in [6.07, 6.45) is 9.03. The van der Waals surface area contributed by atoms with Crippen molar-refractivity contribution in [1.29, 1.82) is 0 Å². The molecule has 0 unspecified atom stereocenters. The summed E-state index contributed by atoms with van der Waals surface area (Å²) in [5.41, 5.74) is 1.88. The topological polar surface area (TPSA) is 95.6 Å². The van der Waals surface area contributed by atoms with E-state index in [4.69, 9.17) is 0 Å². The van der Waals surface area contributed by atoms with Crippen LogP contribution in [0.5, 0.6) is 0 Å². The van der Waals surface area contributed by atoms with Crippen LogP contribution in [-0.2, 0) is 4.79 Å². The second-order valence-electron chi connectivity index (χ2n) is 5.64. The largest absolute Gasteiger partial charge is 0.373 e. The van der Waals surface area contributed by atoms with Crippen LogP contribution in [0.25, 0.3) is 21.9 Å². The lowest BCUT2D eigenvalue weighted by molar-refractivity contribution is -0.117. The summed E-state index contributed by atoms with van der Waals surface area (Å²) in [5.74, 6) is 1.50. The van der Waals surface area contributed by atoms with Gasteiger partial charge < -0.3 is 10.6 Å². The third-order valence-corrected chi connectivity index (χ3v) is 4.02. The van der Waals surface area contributed by atoms with Gasteiger partial charge in [0.15, 0.2) is 0 Å². The molecule has 0 bridgehead atoms. The van der Waals surface area contributed by atoms with E-state index in [2.05, 4.69) is 30.8 Å². The summed E-state index contributed by atoms with van der Waals surface area (Å²) < 4.78 is 0. The number of hydrogen-bond acceptors (Lipinski definition) is 5. The van der Waals surface area contributed by atoms with Crippen LogP contribution in [0.15, 0.2) is 30.9 Å². The second-order valence-corrected chi connectivity index (χ2v) is 5.64. The first kappa shape index (κ1) is 13.7. The maximum absolute atomic E-state index is 12.0. The third kappa shape index (κ3) is 2.50. The van der Waals surface area contributed by atoms with Gasteiger partial charge in [0.05, 0.1) is 6.20 Å². The van der Waals surface area contributed by atoms with Crippen LogP contribution in [0.1, 0.15) is 12.8 Å². The fraction of sp³-hybridized carbons (Fsp3) is 0.250. The van der Waals surface area contributed by atoms with Gasteiger partial charge in [-0.25, -0.2) is 9.97 Å². The normalized spacial score (nSPS) is 14.0. The Hall–Kier alpha value is -2.96. The molecule has 0 aromatic carbocycles. The first-order chi connectivity index (χ1) is 11.3. The molecule has 1 saturated carbocycles. The number of anilines is 2. The molecule has 7 nitrogen and oxygen atoms in total. The lowest BCUT2D eigenvalue weighted by Gasteiger charge is -2.11. The molecule has 0 saturated heterocycles. The smallest absolute Gasteiger partial charge is 0.228 e. The van der Waals surface area contributed by atoms with E-state index in [-0.39, 0.29) is 11.8 Å². The van der Waals surface area contributed by atoms with E-state index in [9.17, 15) is 4.79 Å². The summed E-state index contributed by atoms with van der Waals surface area (Å²) in [5, 5.41) is 14.6. The Morgan fingerprint density at radius 2 is 2.09 bits per heavy atom. The van der Waals surface area contributed by atoms with Gasteiger partial charge in [-0.05, 0) is 18.9 Å². The monoisotopic (exact) mass is 308 g/mol. The number of carbonyl (C=O) groups excluding carboxylic acids is 1. The van der Waals surface area contributed by atoms with Crippen LogP contribution < -0.4 is 10.6 Å². The number of H-pyrrole nitrogens is 1. The lowest BCUT2D eigenvalue weighted by atomic mass is 10.0. The Labute approximate surface area is 132 Å². The maximum atomic E-state index is 12.0. The molecule has 3 heterocycles. The van der Waals surface area contributed by atoms with Crippen LogP contribution in [0.2, 0.25) is 0 Å². The summed E-state index contributed by atoms with van der Waals surface area (Å²) >= 11 is 0. The molecular weight excluding hydrogens is 292 g/mol. The number of nitrogens with zero attached hydrogens (tertiary/aromatic N) is 3. The predicted molar refractivity (Wildman–Crippen MR) is 88.0 cm³/mol. The molecule has 3 N–H and O–H groups in total. The molecule has 3 aromatic heterocycles. The van der Waals surface area contributed by atoms with Crippen molar-refractivity contribution >= 4 is 28.3 Å². The van der Waals surface area contributed by atoms with Crippen molar-refractivity contribution in [1.82, 2.24) is 20.2 Å². The van der Waals surface area contributed by atoms with Crippen molar-refractivity contribution in [3.63, 3.8) is 0 Å². The fourth-order valence-corrected chi connectivity index (χ4v) is 2.60. The molecule has 0 spiro atoms. The van der Waals surface area contributed by atoms with E-state index in [0.29, 0.717) is 5.82 Å². The molecule has 1 amide bonds. The molecule has 7 heteroatoms. The summed E-state index contributed by atoms with van der Waals surface area (Å²) in [4.78, 5) is 20.7. The number of pyridine rings is 2. The van der Waals surface area contributed by atoms with Gasteiger partial charge >= 0.3 is 0 Å². The summed E-state index contributed by atoms with van der Waals surface area (Å²) in [6, 6.07) is 1.89. The minimum atomic E-state index is 0.0459. The number of aromatic nitrogens is 4. The van der Waals surface area contributed by atoms with E-state index in [1.165, 1.54) is 0 Å². The Kier molecular flexibility index (Phi) is 3.18. The van der Waals surface area contributed by atoms with Crippen LogP contribution >= 0.6 is 0 Å². The van der Waals surface area contributed by atoms with Crippen LogP contribution in [0, 0.1) is 5.92 Å². The van der Waals surface area contributed by atoms with Crippen molar-refractivity contribution in [2.45, 2.75) is 12.8 Å². The zero-order chi connectivity index (χ0) is 15.8. The van der Waals surface area contributed by atoms with Gasteiger partial charge in [-0.1, -0.05) is 0 Å². The summed E-state index contributed by atoms with van der Waals surface area (Å²) in [7, 11) is 1.82. The number of carbonyl (C=O) groups is 1. The van der Waals surface area contributed by atoms with Crippen LogP contribution in [0.3, 0.4) is 0 Å². The number of nitrogens with one attached hydrogen (secondary N) is 3. The van der Waals surface area contributed by atoms with E-state index < -0.39 is 0 Å². The molecule has 23 heavy (non-hydrogen) atoms. The van der Waals surface area contributed by atoms with Gasteiger partial charge in [-0.15, -0.1) is 0 Å². The van der Waals surface area contributed by atoms with E-state index >= 15 is 0 Å². The molecule has 0 radical (unpaired) electrons. The molecule has 116 valence electrons. The van der Waals surface area contributed by atoms with Gasteiger partial charge in [-0.3, -0.25) is 9.89 Å². The number of amides is 1. The highest BCUT2D eigenvalue weighted by Gasteiger charge is 2.29. The first-order valence-electron chi connectivity index (χ1n) is 7.53. The number of rotatable bonds is 4. The fourth-order valence-electron chi connectivity index (χ4n) is 2.60. The zero-order valence-electron chi connectivity index (χ0n) is 12.6. The third-order valence-electron chi connectivity index (χ3n) is 4.02. The van der Waals surface area contributed by atoms with E-state index in [1.807, 2.05) is 19.3 Å². The van der Waals surface area contributed by atoms with Crippen molar-refractivity contribution in [2.24, 2.45) is 5.92 Å². The zero-order valence-corrected chi connectivity index (χ0v) is 12.6. The van der Waals surface area contributed by atoms with E-state index in [1.54, 1.807) is 18.6 Å². The molecule has 0 aliphatic heterocycles. The second kappa shape index (κ2) is 5.35. The maximum Gasteiger partial charge on any atom is 0.228 e. The Morgan fingerprint density at radius 1 is 1.22 bits per heavy atom. The van der Waals surface area contributed by atoms with Gasteiger partial charge in [0, 0.05) is 53.5 Å². The van der Waals surface area contributed by atoms with Gasteiger partial charge in [0.25, 0.3) is 0 Å². The highest BCUT2D eigenvalue weighted by atomic mass is 16.2. The van der Waals surface area contributed by atoms with Crippen LogP contribution in [-0.4, -0.2) is 33.1 Å². The molecule has 1 fully saturated rings. The number of aromatic amines is 1. The van der Waals surface area contributed by atoms with E-state index in [0.717, 1.165) is 40.6 Å². The van der Waals surface area contributed by atoms with Crippen molar-refractivity contribution in [3.8, 4) is 11.1 Å².